The van der Waals surface area contributed by atoms with Gasteiger partial charge in [-0.3, -0.25) is 9.59 Å². The highest BCUT2D eigenvalue weighted by atomic mass is 16.5. The molecule has 0 aromatic heterocycles. The largest absolute Gasteiger partial charge is 0.497 e. The molecule has 1 atom stereocenters. The van der Waals surface area contributed by atoms with Gasteiger partial charge in [-0.1, -0.05) is 42.5 Å². The molecule has 0 spiro atoms. The minimum absolute atomic E-state index is 0.108. The number of hydrogen-bond donors (Lipinski definition) is 2. The Morgan fingerprint density at radius 3 is 2.50 bits per heavy atom. The maximum atomic E-state index is 12.7. The molecule has 148 valence electrons. The van der Waals surface area contributed by atoms with E-state index in [1.807, 2.05) is 24.3 Å². The number of nitrogens with one attached hydrogen (secondary N) is 1. The lowest BCUT2D eigenvalue weighted by Crippen LogP contribution is -2.46. The van der Waals surface area contributed by atoms with Crippen molar-refractivity contribution in [2.45, 2.75) is 44.1 Å². The van der Waals surface area contributed by atoms with E-state index in [1.54, 1.807) is 32.2 Å². The molecule has 3 rings (SSSR count). The SMILES string of the molecule is COc1cccc(C(C)(CC(=O)O)NC(=O)CC2CC(c3ccccc3)C2)c1. The Morgan fingerprint density at radius 1 is 1.14 bits per heavy atom. The van der Waals surface area contributed by atoms with E-state index in [1.165, 1.54) is 5.56 Å². The molecule has 2 N–H and O–H groups in total. The number of amides is 1. The number of aliphatic carboxylic acids is 1. The molecule has 28 heavy (non-hydrogen) atoms. The molecular weight excluding hydrogens is 354 g/mol. The van der Waals surface area contributed by atoms with Gasteiger partial charge in [0.1, 0.15) is 5.75 Å². The number of carbonyl (C=O) groups is 2. The molecule has 5 heteroatoms. The fourth-order valence-electron chi connectivity index (χ4n) is 4.01. The fourth-order valence-corrected chi connectivity index (χ4v) is 4.01. The second-order valence-corrected chi connectivity index (χ2v) is 7.83. The lowest BCUT2D eigenvalue weighted by molar-refractivity contribution is -0.139. The van der Waals surface area contributed by atoms with E-state index in [0.29, 0.717) is 24.0 Å². The fraction of sp³-hybridized carbons (Fsp3) is 0.391. The molecule has 1 unspecified atom stereocenters. The monoisotopic (exact) mass is 381 g/mol. The first kappa shape index (κ1) is 19.9. The van der Waals surface area contributed by atoms with Crippen molar-refractivity contribution >= 4 is 11.9 Å². The van der Waals surface area contributed by atoms with Crippen molar-refractivity contribution in [2.75, 3.05) is 7.11 Å². The Hall–Kier alpha value is -2.82. The summed E-state index contributed by atoms with van der Waals surface area (Å²) in [5, 5.41) is 12.3. The minimum atomic E-state index is -0.986. The van der Waals surface area contributed by atoms with Crippen LogP contribution in [0.3, 0.4) is 0 Å². The third kappa shape index (κ3) is 4.71. The summed E-state index contributed by atoms with van der Waals surface area (Å²) in [6.45, 7) is 1.75. The van der Waals surface area contributed by atoms with Crippen LogP contribution in [0.25, 0.3) is 0 Å². The van der Waals surface area contributed by atoms with Gasteiger partial charge in [-0.15, -0.1) is 0 Å². The van der Waals surface area contributed by atoms with E-state index in [9.17, 15) is 14.7 Å². The Labute approximate surface area is 165 Å². The molecule has 1 saturated carbocycles. The highest BCUT2D eigenvalue weighted by Crippen LogP contribution is 2.43. The lowest BCUT2D eigenvalue weighted by atomic mass is 9.70. The van der Waals surface area contributed by atoms with E-state index in [-0.39, 0.29) is 12.3 Å². The molecule has 0 saturated heterocycles. The summed E-state index contributed by atoms with van der Waals surface area (Å²) in [7, 11) is 1.56. The van der Waals surface area contributed by atoms with Crippen molar-refractivity contribution in [2.24, 2.45) is 5.92 Å². The molecule has 1 aliphatic carbocycles. The van der Waals surface area contributed by atoms with Crippen LogP contribution in [0.15, 0.2) is 54.6 Å². The third-order valence-corrected chi connectivity index (χ3v) is 5.61. The van der Waals surface area contributed by atoms with Crippen LogP contribution >= 0.6 is 0 Å². The van der Waals surface area contributed by atoms with Gasteiger partial charge >= 0.3 is 5.97 Å². The number of methoxy groups -OCH3 is 1. The quantitative estimate of drug-likeness (QED) is 0.722. The van der Waals surface area contributed by atoms with Crippen LogP contribution < -0.4 is 10.1 Å². The highest BCUT2D eigenvalue weighted by molar-refractivity contribution is 5.79. The van der Waals surface area contributed by atoms with E-state index in [0.717, 1.165) is 18.4 Å². The van der Waals surface area contributed by atoms with Crippen molar-refractivity contribution in [3.63, 3.8) is 0 Å². The maximum Gasteiger partial charge on any atom is 0.306 e. The Bertz CT molecular complexity index is 830. The normalized spacial score (nSPS) is 20.5. The summed E-state index contributed by atoms with van der Waals surface area (Å²) < 4.78 is 5.24. The molecule has 0 aliphatic heterocycles. The summed E-state index contributed by atoms with van der Waals surface area (Å²) in [6, 6.07) is 17.6. The summed E-state index contributed by atoms with van der Waals surface area (Å²) >= 11 is 0. The van der Waals surface area contributed by atoms with E-state index >= 15 is 0 Å². The molecule has 0 heterocycles. The number of carboxylic acid groups (broad SMARTS) is 1. The second kappa shape index (κ2) is 8.46. The van der Waals surface area contributed by atoms with Crippen LogP contribution in [0, 0.1) is 5.92 Å². The molecule has 1 aliphatic rings. The van der Waals surface area contributed by atoms with Gasteiger partial charge in [-0.25, -0.2) is 0 Å². The van der Waals surface area contributed by atoms with Crippen molar-refractivity contribution in [1.29, 1.82) is 0 Å². The zero-order chi connectivity index (χ0) is 20.1. The molecule has 2 aromatic rings. The standard InChI is InChI=1S/C23H27NO4/c1-23(15-22(26)27,19-9-6-10-20(14-19)28-2)24-21(25)13-16-11-18(12-16)17-7-4-3-5-8-17/h3-10,14,16,18H,11-13,15H2,1-2H3,(H,24,25)(H,26,27). The molecule has 2 aromatic carbocycles. The predicted octanol–water partition coefficient (Wildman–Crippen LogP) is 4.09. The number of ether oxygens (including phenoxy) is 1. The second-order valence-electron chi connectivity index (χ2n) is 7.83. The van der Waals surface area contributed by atoms with E-state index < -0.39 is 11.5 Å². The van der Waals surface area contributed by atoms with Crippen LogP contribution in [0.1, 0.15) is 49.7 Å². The van der Waals surface area contributed by atoms with Crippen molar-refractivity contribution in [1.82, 2.24) is 5.32 Å². The smallest absolute Gasteiger partial charge is 0.306 e. The van der Waals surface area contributed by atoms with Crippen LogP contribution in [0.2, 0.25) is 0 Å². The van der Waals surface area contributed by atoms with Crippen molar-refractivity contribution in [3.05, 3.63) is 65.7 Å². The first-order chi connectivity index (χ1) is 13.4. The van der Waals surface area contributed by atoms with E-state index in [4.69, 9.17) is 4.74 Å². The highest BCUT2D eigenvalue weighted by Gasteiger charge is 2.35. The Kier molecular flexibility index (Phi) is 6.02. The molecule has 5 nitrogen and oxygen atoms in total. The first-order valence-electron chi connectivity index (χ1n) is 9.62. The maximum absolute atomic E-state index is 12.7. The molecule has 0 bridgehead atoms. The Morgan fingerprint density at radius 2 is 1.86 bits per heavy atom. The lowest BCUT2D eigenvalue weighted by Gasteiger charge is -2.37. The molecular formula is C23H27NO4. The zero-order valence-electron chi connectivity index (χ0n) is 16.4. The third-order valence-electron chi connectivity index (χ3n) is 5.61. The molecule has 1 fully saturated rings. The number of rotatable bonds is 8. The molecule has 1 amide bonds. The average Bonchev–Trinajstić information content (AvgIpc) is 2.64. The topological polar surface area (TPSA) is 75.6 Å². The number of benzene rings is 2. The number of carbonyl (C=O) groups excluding carboxylic acids is 1. The Balaban J connectivity index is 1.63. The van der Waals surface area contributed by atoms with Gasteiger partial charge in [0.05, 0.1) is 19.1 Å². The summed E-state index contributed by atoms with van der Waals surface area (Å²) in [5.74, 6) is 0.418. The van der Waals surface area contributed by atoms with Gasteiger partial charge in [0.2, 0.25) is 5.91 Å². The van der Waals surface area contributed by atoms with E-state index in [2.05, 4.69) is 17.4 Å². The van der Waals surface area contributed by atoms with Gasteiger partial charge < -0.3 is 15.2 Å². The summed E-state index contributed by atoms with van der Waals surface area (Å²) in [5.41, 5.74) is 1.06. The van der Waals surface area contributed by atoms with Crippen LogP contribution in [-0.4, -0.2) is 24.1 Å². The van der Waals surface area contributed by atoms with Crippen molar-refractivity contribution in [3.8, 4) is 5.75 Å². The summed E-state index contributed by atoms with van der Waals surface area (Å²) in [4.78, 5) is 24.1. The van der Waals surface area contributed by atoms with Crippen molar-refractivity contribution < 1.29 is 19.4 Å². The van der Waals surface area contributed by atoms with Gasteiger partial charge in [0, 0.05) is 6.42 Å². The predicted molar refractivity (Wildman–Crippen MR) is 107 cm³/mol. The van der Waals surface area contributed by atoms with Gasteiger partial charge in [-0.2, -0.15) is 0 Å². The van der Waals surface area contributed by atoms with Crippen LogP contribution in [0.4, 0.5) is 0 Å². The average molecular weight is 381 g/mol. The zero-order valence-corrected chi connectivity index (χ0v) is 16.4. The number of carboxylic acids is 1. The van der Waals surface area contributed by atoms with Gasteiger partial charge in [0.15, 0.2) is 0 Å². The summed E-state index contributed by atoms with van der Waals surface area (Å²) in [6.07, 6.45) is 2.21. The van der Waals surface area contributed by atoms with Gasteiger partial charge in [-0.05, 0) is 54.9 Å². The first-order valence-corrected chi connectivity index (χ1v) is 9.62. The van der Waals surface area contributed by atoms with Gasteiger partial charge in [0.25, 0.3) is 0 Å². The number of hydrogen-bond acceptors (Lipinski definition) is 3. The van der Waals surface area contributed by atoms with Crippen LogP contribution in [0.5, 0.6) is 5.75 Å². The molecule has 0 radical (unpaired) electrons. The van der Waals surface area contributed by atoms with Crippen LogP contribution in [-0.2, 0) is 15.1 Å². The minimum Gasteiger partial charge on any atom is -0.497 e.